The Morgan fingerprint density at radius 3 is 2.56 bits per heavy atom. The van der Waals surface area contributed by atoms with Crippen molar-refractivity contribution in [2.75, 3.05) is 18.4 Å². The number of carbonyl (C=O) groups excluding carboxylic acids is 2. The molecule has 3 aromatic rings. The Morgan fingerprint density at radius 2 is 1.84 bits per heavy atom. The molecule has 0 spiro atoms. The third-order valence-electron chi connectivity index (χ3n) is 5.70. The maximum Gasteiger partial charge on any atom is 0.336 e. The van der Waals surface area contributed by atoms with Crippen LogP contribution < -0.4 is 10.9 Å². The summed E-state index contributed by atoms with van der Waals surface area (Å²) in [5.41, 5.74) is 1.01. The highest BCUT2D eigenvalue weighted by molar-refractivity contribution is 5.98. The molecule has 0 atom stereocenters. The summed E-state index contributed by atoms with van der Waals surface area (Å²) in [6.45, 7) is 3.04. The Hall–Kier alpha value is -3.39. The van der Waals surface area contributed by atoms with Crippen molar-refractivity contribution in [3.8, 4) is 0 Å². The number of anilines is 1. The van der Waals surface area contributed by atoms with E-state index in [0.29, 0.717) is 43.7 Å². The van der Waals surface area contributed by atoms with Crippen molar-refractivity contribution in [2.24, 2.45) is 5.92 Å². The lowest BCUT2D eigenvalue weighted by molar-refractivity contribution is -0.114. The lowest BCUT2D eigenvalue weighted by atomic mass is 9.88. The van der Waals surface area contributed by atoms with E-state index in [1.54, 1.807) is 18.2 Å². The molecule has 0 saturated carbocycles. The lowest BCUT2D eigenvalue weighted by Gasteiger charge is -2.31. The zero-order chi connectivity index (χ0) is 22.8. The van der Waals surface area contributed by atoms with Gasteiger partial charge in [-0.2, -0.15) is 0 Å². The van der Waals surface area contributed by atoms with Gasteiger partial charge < -0.3 is 9.73 Å². The van der Waals surface area contributed by atoms with Crippen LogP contribution in [0.15, 0.2) is 51.7 Å². The first-order chi connectivity index (χ1) is 15.3. The molecule has 1 saturated heterocycles. The molecule has 2 aromatic carbocycles. The van der Waals surface area contributed by atoms with E-state index < -0.39 is 17.3 Å². The normalized spacial score (nSPS) is 15.1. The van der Waals surface area contributed by atoms with E-state index in [0.717, 1.165) is 29.1 Å². The van der Waals surface area contributed by atoms with Crippen molar-refractivity contribution in [2.45, 2.75) is 26.3 Å². The summed E-state index contributed by atoms with van der Waals surface area (Å²) in [4.78, 5) is 38.1. The first-order valence-corrected chi connectivity index (χ1v) is 10.4. The molecule has 1 aromatic heterocycles. The van der Waals surface area contributed by atoms with Crippen LogP contribution in [0.1, 0.15) is 35.7 Å². The zero-order valence-electron chi connectivity index (χ0n) is 17.5. The summed E-state index contributed by atoms with van der Waals surface area (Å²) in [6, 6.07) is 9.51. The molecule has 32 heavy (non-hydrogen) atoms. The van der Waals surface area contributed by atoms with Gasteiger partial charge in [0.05, 0.1) is 5.56 Å². The van der Waals surface area contributed by atoms with Crippen LogP contribution in [0.3, 0.4) is 0 Å². The van der Waals surface area contributed by atoms with E-state index in [1.165, 1.54) is 13.0 Å². The molecule has 0 bridgehead atoms. The quantitative estimate of drug-likeness (QED) is 0.477. The monoisotopic (exact) mass is 440 g/mol. The molecule has 1 aliphatic heterocycles. The number of likely N-dealkylation sites (tertiary alicyclic amines) is 1. The smallest absolute Gasteiger partial charge is 0.336 e. The predicted octanol–water partition coefficient (Wildman–Crippen LogP) is 4.12. The zero-order valence-corrected chi connectivity index (χ0v) is 17.5. The summed E-state index contributed by atoms with van der Waals surface area (Å²) >= 11 is 0. The predicted molar refractivity (Wildman–Crippen MR) is 115 cm³/mol. The minimum absolute atomic E-state index is 0.204. The van der Waals surface area contributed by atoms with Crippen molar-refractivity contribution in [1.82, 2.24) is 4.90 Å². The standard InChI is InChI=1S/C24H22F2N2O4/c1-14(29)27-18-3-4-19-16(10-23(30)32-22(19)12-18)13-28-8-6-15(7-9-28)24(31)20-11-17(25)2-5-21(20)26/h2-5,10-12,15H,6-9,13H2,1H3,(H,27,29). The third-order valence-corrected chi connectivity index (χ3v) is 5.70. The van der Waals surface area contributed by atoms with Crippen LogP contribution in [-0.4, -0.2) is 29.7 Å². The second-order valence-electron chi connectivity index (χ2n) is 8.02. The van der Waals surface area contributed by atoms with Gasteiger partial charge in [-0.25, -0.2) is 13.6 Å². The number of amides is 1. The molecule has 0 aliphatic carbocycles. The molecule has 1 N–H and O–H groups in total. The minimum atomic E-state index is -0.708. The molecular formula is C24H22F2N2O4. The molecule has 1 fully saturated rings. The van der Waals surface area contributed by atoms with Crippen LogP contribution >= 0.6 is 0 Å². The van der Waals surface area contributed by atoms with Gasteiger partial charge in [-0.15, -0.1) is 0 Å². The Bertz CT molecular complexity index is 1250. The Balaban J connectivity index is 1.47. The molecule has 8 heteroatoms. The second-order valence-corrected chi connectivity index (χ2v) is 8.02. The molecule has 1 aliphatic rings. The van der Waals surface area contributed by atoms with E-state index in [-0.39, 0.29) is 23.2 Å². The van der Waals surface area contributed by atoms with Gasteiger partial charge in [0.1, 0.15) is 17.2 Å². The molecule has 0 radical (unpaired) electrons. The number of nitrogens with zero attached hydrogens (tertiary/aromatic N) is 1. The molecule has 4 rings (SSSR count). The fourth-order valence-corrected chi connectivity index (χ4v) is 4.14. The minimum Gasteiger partial charge on any atom is -0.423 e. The van der Waals surface area contributed by atoms with Gasteiger partial charge in [0.2, 0.25) is 5.91 Å². The third kappa shape index (κ3) is 4.75. The van der Waals surface area contributed by atoms with Crippen molar-refractivity contribution in [3.05, 3.63) is 75.6 Å². The molecule has 2 heterocycles. The topological polar surface area (TPSA) is 79.6 Å². The summed E-state index contributed by atoms with van der Waals surface area (Å²) in [5, 5.41) is 3.42. The fraction of sp³-hybridized carbons (Fsp3) is 0.292. The van der Waals surface area contributed by atoms with Gasteiger partial charge in [-0.05, 0) is 61.8 Å². The van der Waals surface area contributed by atoms with Gasteiger partial charge in [0, 0.05) is 42.6 Å². The first kappa shape index (κ1) is 21.8. The highest BCUT2D eigenvalue weighted by Crippen LogP contribution is 2.27. The molecular weight excluding hydrogens is 418 g/mol. The lowest BCUT2D eigenvalue weighted by Crippen LogP contribution is -2.36. The van der Waals surface area contributed by atoms with Crippen molar-refractivity contribution in [1.29, 1.82) is 0 Å². The van der Waals surface area contributed by atoms with E-state index in [4.69, 9.17) is 4.42 Å². The van der Waals surface area contributed by atoms with Gasteiger partial charge in [-0.1, -0.05) is 0 Å². The highest BCUT2D eigenvalue weighted by Gasteiger charge is 2.28. The average Bonchev–Trinajstić information content (AvgIpc) is 2.74. The van der Waals surface area contributed by atoms with Gasteiger partial charge in [0.25, 0.3) is 0 Å². The highest BCUT2D eigenvalue weighted by atomic mass is 19.1. The molecule has 166 valence electrons. The summed E-state index contributed by atoms with van der Waals surface area (Å²) in [7, 11) is 0. The maximum absolute atomic E-state index is 14.0. The van der Waals surface area contributed by atoms with Crippen molar-refractivity contribution < 1.29 is 22.8 Å². The van der Waals surface area contributed by atoms with E-state index in [1.807, 2.05) is 0 Å². The Kier molecular flexibility index (Phi) is 6.14. The summed E-state index contributed by atoms with van der Waals surface area (Å²) in [6.07, 6.45) is 1.03. The number of fused-ring (bicyclic) bond motifs is 1. The average molecular weight is 440 g/mol. The first-order valence-electron chi connectivity index (χ1n) is 10.4. The second kappa shape index (κ2) is 9.00. The SMILES string of the molecule is CC(=O)Nc1ccc2c(CN3CCC(C(=O)c4cc(F)ccc4F)CC3)cc(=O)oc2c1. The summed E-state index contributed by atoms with van der Waals surface area (Å²) < 4.78 is 32.7. The van der Waals surface area contributed by atoms with E-state index in [2.05, 4.69) is 10.2 Å². The number of benzene rings is 2. The largest absolute Gasteiger partial charge is 0.423 e. The molecule has 1 amide bonds. The number of rotatable bonds is 5. The van der Waals surface area contributed by atoms with Crippen molar-refractivity contribution in [3.63, 3.8) is 0 Å². The number of hydrogen-bond acceptors (Lipinski definition) is 5. The Morgan fingerprint density at radius 1 is 1.09 bits per heavy atom. The summed E-state index contributed by atoms with van der Waals surface area (Å²) in [5.74, 6) is -2.32. The fourth-order valence-electron chi connectivity index (χ4n) is 4.14. The van der Waals surface area contributed by atoms with E-state index in [9.17, 15) is 23.2 Å². The van der Waals surface area contributed by atoms with Crippen LogP contribution in [0.4, 0.5) is 14.5 Å². The molecule has 6 nitrogen and oxygen atoms in total. The number of hydrogen-bond donors (Lipinski definition) is 1. The van der Waals surface area contributed by atoms with Gasteiger partial charge >= 0.3 is 5.63 Å². The number of ketones is 1. The number of Topliss-reactive ketones (excluding diaryl/α,β-unsaturated/α-hetero) is 1. The van der Waals surface area contributed by atoms with Crippen LogP contribution in [0.5, 0.6) is 0 Å². The molecule has 0 unspecified atom stereocenters. The van der Waals surface area contributed by atoms with Crippen molar-refractivity contribution >= 4 is 28.3 Å². The van der Waals surface area contributed by atoms with Crippen LogP contribution in [-0.2, 0) is 11.3 Å². The number of carbonyl (C=O) groups is 2. The number of piperidine rings is 1. The number of halogens is 2. The van der Waals surface area contributed by atoms with Gasteiger partial charge in [0.15, 0.2) is 5.78 Å². The number of nitrogens with one attached hydrogen (secondary N) is 1. The van der Waals surface area contributed by atoms with E-state index >= 15 is 0 Å². The van der Waals surface area contributed by atoms with Crippen LogP contribution in [0.2, 0.25) is 0 Å². The van der Waals surface area contributed by atoms with Gasteiger partial charge in [-0.3, -0.25) is 14.5 Å². The van der Waals surface area contributed by atoms with Crippen LogP contribution in [0, 0.1) is 17.6 Å². The maximum atomic E-state index is 14.0. The Labute approximate surface area is 182 Å². The van der Waals surface area contributed by atoms with Crippen LogP contribution in [0.25, 0.3) is 11.0 Å².